The van der Waals surface area contributed by atoms with Crippen LogP contribution in [-0.4, -0.2) is 26.8 Å². The molecule has 1 aliphatic rings. The van der Waals surface area contributed by atoms with Crippen LogP contribution in [0, 0.1) is 0 Å². The largest absolute Gasteiger partial charge is 0.505 e. The molecule has 0 atom stereocenters. The number of pyridine rings is 1. The first-order valence-corrected chi connectivity index (χ1v) is 6.88. The maximum atomic E-state index is 9.78. The summed E-state index contributed by atoms with van der Waals surface area (Å²) in [6.45, 7) is 2.57. The van der Waals surface area contributed by atoms with E-state index in [1.165, 1.54) is 0 Å². The third-order valence-corrected chi connectivity index (χ3v) is 3.65. The van der Waals surface area contributed by atoms with E-state index >= 15 is 0 Å². The average Bonchev–Trinajstić information content (AvgIpc) is 3.09. The third kappa shape index (κ3) is 2.16. The summed E-state index contributed by atoms with van der Waals surface area (Å²) >= 11 is 0. The second kappa shape index (κ2) is 5.20. The van der Waals surface area contributed by atoms with Crippen LogP contribution in [0.15, 0.2) is 22.9 Å². The molecule has 1 fully saturated rings. The number of rotatable bonds is 4. The van der Waals surface area contributed by atoms with Crippen molar-refractivity contribution in [2.75, 3.05) is 6.61 Å². The highest BCUT2D eigenvalue weighted by Crippen LogP contribution is 2.41. The van der Waals surface area contributed by atoms with Crippen LogP contribution >= 0.6 is 0 Å². The first-order chi connectivity index (χ1) is 9.75. The Morgan fingerprint density at radius 2 is 2.20 bits per heavy atom. The molecule has 2 aromatic heterocycles. The van der Waals surface area contributed by atoms with Crippen LogP contribution in [0.25, 0.3) is 11.6 Å². The van der Waals surface area contributed by atoms with Crippen molar-refractivity contribution in [3.63, 3.8) is 0 Å². The Labute approximate surface area is 116 Å². The molecule has 0 spiro atoms. The molecule has 3 rings (SSSR count). The number of aromatic hydroxyl groups is 1. The third-order valence-electron chi connectivity index (χ3n) is 3.65. The molecule has 6 nitrogen and oxygen atoms in total. The molecule has 0 aromatic carbocycles. The molecule has 2 heterocycles. The lowest BCUT2D eigenvalue weighted by atomic mass is 10.0. The second-order valence-electron chi connectivity index (χ2n) is 4.93. The van der Waals surface area contributed by atoms with Crippen LogP contribution in [-0.2, 0) is 10.3 Å². The van der Waals surface area contributed by atoms with Crippen LogP contribution in [0.1, 0.15) is 38.4 Å². The Balaban J connectivity index is 1.95. The molecule has 0 aliphatic heterocycles. The van der Waals surface area contributed by atoms with Crippen molar-refractivity contribution in [1.82, 2.24) is 15.1 Å². The van der Waals surface area contributed by atoms with Crippen LogP contribution in [0.4, 0.5) is 0 Å². The van der Waals surface area contributed by atoms with Gasteiger partial charge in [0.2, 0.25) is 5.82 Å². The van der Waals surface area contributed by atoms with Gasteiger partial charge in [0.15, 0.2) is 5.69 Å². The quantitative estimate of drug-likeness (QED) is 0.923. The number of nitrogens with zero attached hydrogens (tertiary/aromatic N) is 3. The zero-order valence-electron chi connectivity index (χ0n) is 11.4. The lowest BCUT2D eigenvalue weighted by Gasteiger charge is -2.24. The zero-order valence-corrected chi connectivity index (χ0v) is 11.4. The van der Waals surface area contributed by atoms with Crippen molar-refractivity contribution in [2.45, 2.75) is 38.2 Å². The summed E-state index contributed by atoms with van der Waals surface area (Å²) in [6.07, 6.45) is 5.56. The van der Waals surface area contributed by atoms with Gasteiger partial charge in [0, 0.05) is 12.8 Å². The standard InChI is InChI=1S/C14H17N3O3/c1-2-19-14(7-3-4-8-14)13-16-12(20-17-13)11-10(18)6-5-9-15-11/h5-6,9,18H,2-4,7-8H2,1H3. The molecule has 1 N–H and O–H groups in total. The van der Waals surface area contributed by atoms with Gasteiger partial charge in [0.05, 0.1) is 0 Å². The van der Waals surface area contributed by atoms with Gasteiger partial charge in [0.25, 0.3) is 5.89 Å². The molecule has 1 saturated carbocycles. The minimum Gasteiger partial charge on any atom is -0.505 e. The molecule has 0 radical (unpaired) electrons. The maximum absolute atomic E-state index is 9.78. The highest BCUT2D eigenvalue weighted by Gasteiger charge is 2.41. The Morgan fingerprint density at radius 1 is 1.40 bits per heavy atom. The van der Waals surface area contributed by atoms with Crippen LogP contribution in [0.5, 0.6) is 5.75 Å². The molecule has 0 bridgehead atoms. The maximum Gasteiger partial charge on any atom is 0.280 e. The monoisotopic (exact) mass is 275 g/mol. The minimum atomic E-state index is -0.444. The van der Waals surface area contributed by atoms with Gasteiger partial charge in [-0.05, 0) is 44.7 Å². The van der Waals surface area contributed by atoms with Gasteiger partial charge >= 0.3 is 0 Å². The van der Waals surface area contributed by atoms with Crippen molar-refractivity contribution >= 4 is 0 Å². The Morgan fingerprint density at radius 3 is 2.90 bits per heavy atom. The molecule has 2 aromatic rings. The van der Waals surface area contributed by atoms with Crippen molar-refractivity contribution in [3.8, 4) is 17.3 Å². The number of aromatic nitrogens is 3. The smallest absolute Gasteiger partial charge is 0.280 e. The first kappa shape index (κ1) is 13.1. The predicted molar refractivity (Wildman–Crippen MR) is 71.0 cm³/mol. The molecular formula is C14H17N3O3. The molecule has 0 unspecified atom stereocenters. The van der Waals surface area contributed by atoms with E-state index in [-0.39, 0.29) is 11.6 Å². The lowest BCUT2D eigenvalue weighted by molar-refractivity contribution is -0.0469. The fourth-order valence-electron chi connectivity index (χ4n) is 2.72. The highest BCUT2D eigenvalue weighted by atomic mass is 16.5. The molecule has 20 heavy (non-hydrogen) atoms. The summed E-state index contributed by atoms with van der Waals surface area (Å²) in [5.41, 5.74) is -0.142. The highest BCUT2D eigenvalue weighted by molar-refractivity contribution is 5.55. The van der Waals surface area contributed by atoms with Gasteiger partial charge in [-0.1, -0.05) is 5.16 Å². The Hall–Kier alpha value is -1.95. The van der Waals surface area contributed by atoms with Crippen LogP contribution < -0.4 is 0 Å². The van der Waals surface area contributed by atoms with Crippen LogP contribution in [0.2, 0.25) is 0 Å². The fourth-order valence-corrected chi connectivity index (χ4v) is 2.72. The summed E-state index contributed by atoms with van der Waals surface area (Å²) < 4.78 is 11.1. The van der Waals surface area contributed by atoms with Crippen molar-refractivity contribution in [3.05, 3.63) is 24.2 Å². The molecular weight excluding hydrogens is 258 g/mol. The van der Waals surface area contributed by atoms with E-state index in [9.17, 15) is 5.11 Å². The first-order valence-electron chi connectivity index (χ1n) is 6.88. The van der Waals surface area contributed by atoms with Gasteiger partial charge in [-0.25, -0.2) is 4.98 Å². The van der Waals surface area contributed by atoms with E-state index in [4.69, 9.17) is 9.26 Å². The van der Waals surface area contributed by atoms with Crippen molar-refractivity contribution in [2.24, 2.45) is 0 Å². The topological polar surface area (TPSA) is 81.3 Å². The zero-order chi connectivity index (χ0) is 14.0. The Kier molecular flexibility index (Phi) is 3.40. The number of ether oxygens (including phenoxy) is 1. The molecule has 6 heteroatoms. The van der Waals surface area contributed by atoms with E-state index in [0.717, 1.165) is 25.7 Å². The summed E-state index contributed by atoms with van der Waals surface area (Å²) in [5, 5.41) is 13.8. The van der Waals surface area contributed by atoms with E-state index in [0.29, 0.717) is 18.1 Å². The summed E-state index contributed by atoms with van der Waals surface area (Å²) in [5.74, 6) is 0.806. The number of hydrogen-bond acceptors (Lipinski definition) is 6. The number of hydrogen-bond donors (Lipinski definition) is 1. The lowest BCUT2D eigenvalue weighted by Crippen LogP contribution is -2.27. The average molecular weight is 275 g/mol. The summed E-state index contributed by atoms with van der Waals surface area (Å²) in [4.78, 5) is 8.46. The fraction of sp³-hybridized carbons (Fsp3) is 0.500. The SMILES string of the molecule is CCOC1(c2noc(-c3ncccc3O)n2)CCCC1. The summed E-state index contributed by atoms with van der Waals surface area (Å²) in [6, 6.07) is 3.19. The predicted octanol–water partition coefficient (Wildman–Crippen LogP) is 2.64. The van der Waals surface area contributed by atoms with Gasteiger partial charge < -0.3 is 14.4 Å². The van der Waals surface area contributed by atoms with Gasteiger partial charge in [-0.15, -0.1) is 0 Å². The van der Waals surface area contributed by atoms with Crippen LogP contribution in [0.3, 0.4) is 0 Å². The Bertz CT molecular complexity index is 591. The minimum absolute atomic E-state index is 0.0274. The second-order valence-corrected chi connectivity index (χ2v) is 4.93. The van der Waals surface area contributed by atoms with Gasteiger partial charge in [-0.3, -0.25) is 0 Å². The van der Waals surface area contributed by atoms with Gasteiger partial charge in [0.1, 0.15) is 11.4 Å². The van der Waals surface area contributed by atoms with E-state index in [1.807, 2.05) is 6.92 Å². The molecule has 1 aliphatic carbocycles. The molecule has 0 amide bonds. The van der Waals surface area contributed by atoms with Crippen molar-refractivity contribution < 1.29 is 14.4 Å². The van der Waals surface area contributed by atoms with E-state index in [1.54, 1.807) is 18.3 Å². The molecule has 0 saturated heterocycles. The van der Waals surface area contributed by atoms with Gasteiger partial charge in [-0.2, -0.15) is 4.98 Å². The van der Waals surface area contributed by atoms with E-state index in [2.05, 4.69) is 15.1 Å². The van der Waals surface area contributed by atoms with E-state index < -0.39 is 5.60 Å². The van der Waals surface area contributed by atoms with Crippen molar-refractivity contribution in [1.29, 1.82) is 0 Å². The normalized spacial score (nSPS) is 17.4. The summed E-state index contributed by atoms with van der Waals surface area (Å²) in [7, 11) is 0. The molecule has 106 valence electrons.